The van der Waals surface area contributed by atoms with Gasteiger partial charge in [0.25, 0.3) is 11.7 Å². The number of likely N-dealkylation sites (tertiary alicyclic amines) is 1. The van der Waals surface area contributed by atoms with E-state index < -0.39 is 17.7 Å². The Hall–Kier alpha value is -2.92. The molecular formula is C25H27NO4. The molecule has 2 aliphatic rings. The minimum atomic E-state index is -0.646. The van der Waals surface area contributed by atoms with Crippen LogP contribution in [0.4, 0.5) is 0 Å². The van der Waals surface area contributed by atoms with Crippen molar-refractivity contribution in [2.24, 2.45) is 0 Å². The maximum atomic E-state index is 13.0. The van der Waals surface area contributed by atoms with Crippen LogP contribution in [0.5, 0.6) is 0 Å². The van der Waals surface area contributed by atoms with Crippen LogP contribution in [-0.4, -0.2) is 41.0 Å². The zero-order valence-corrected chi connectivity index (χ0v) is 17.4. The molecule has 0 spiro atoms. The average Bonchev–Trinajstić information content (AvgIpc) is 3.36. The van der Waals surface area contributed by atoms with Gasteiger partial charge in [0.05, 0.1) is 17.7 Å². The predicted octanol–water partition coefficient (Wildman–Crippen LogP) is 4.41. The number of hydrogen-bond donors (Lipinski definition) is 1. The molecule has 0 saturated carbocycles. The van der Waals surface area contributed by atoms with Crippen LogP contribution in [0.25, 0.3) is 5.76 Å². The first-order valence-corrected chi connectivity index (χ1v) is 10.5. The molecule has 0 aliphatic carbocycles. The number of amides is 1. The van der Waals surface area contributed by atoms with E-state index in [1.54, 1.807) is 29.2 Å². The number of carbonyl (C=O) groups excluding carboxylic acids is 2. The Bertz CT molecular complexity index is 956. The highest BCUT2D eigenvalue weighted by atomic mass is 16.5. The van der Waals surface area contributed by atoms with Crippen LogP contribution in [0.15, 0.2) is 60.2 Å². The fourth-order valence-corrected chi connectivity index (χ4v) is 4.24. The maximum absolute atomic E-state index is 13.0. The Kier molecular flexibility index (Phi) is 5.73. The molecule has 2 aromatic carbocycles. The van der Waals surface area contributed by atoms with Crippen molar-refractivity contribution < 1.29 is 19.4 Å². The Balaban J connectivity index is 1.80. The number of rotatable bonds is 5. The van der Waals surface area contributed by atoms with E-state index in [1.165, 1.54) is 5.56 Å². The van der Waals surface area contributed by atoms with Crippen LogP contribution in [0.2, 0.25) is 0 Å². The summed E-state index contributed by atoms with van der Waals surface area (Å²) in [5, 5.41) is 11.0. The first-order chi connectivity index (χ1) is 14.5. The molecule has 0 bridgehead atoms. The molecule has 0 aromatic heterocycles. The standard InChI is InChI=1S/C25H27NO4/c1-16(2)17-10-12-18(13-11-17)22-21(23(27)19-7-4-3-5-8-19)24(28)25(29)26(22)15-20-9-6-14-30-20/h3-5,7-8,10-13,16,20,22,27H,6,9,14-15H2,1-2H3/b23-21+/t20-,22-/m0/s1. The fourth-order valence-electron chi connectivity index (χ4n) is 4.24. The van der Waals surface area contributed by atoms with E-state index in [0.29, 0.717) is 24.6 Å². The average molecular weight is 405 g/mol. The second-order valence-corrected chi connectivity index (χ2v) is 8.27. The van der Waals surface area contributed by atoms with Gasteiger partial charge in [-0.1, -0.05) is 68.4 Å². The van der Waals surface area contributed by atoms with Crippen molar-refractivity contribution in [3.05, 3.63) is 76.9 Å². The van der Waals surface area contributed by atoms with Gasteiger partial charge < -0.3 is 14.7 Å². The van der Waals surface area contributed by atoms with Crippen molar-refractivity contribution in [3.8, 4) is 0 Å². The summed E-state index contributed by atoms with van der Waals surface area (Å²) < 4.78 is 5.73. The monoisotopic (exact) mass is 405 g/mol. The molecule has 2 saturated heterocycles. The van der Waals surface area contributed by atoms with Crippen molar-refractivity contribution in [1.29, 1.82) is 0 Å². The molecule has 1 N–H and O–H groups in total. The van der Waals surface area contributed by atoms with E-state index >= 15 is 0 Å². The van der Waals surface area contributed by atoms with Crippen LogP contribution in [0.3, 0.4) is 0 Å². The molecule has 30 heavy (non-hydrogen) atoms. The molecule has 4 rings (SSSR count). The van der Waals surface area contributed by atoms with Gasteiger partial charge in [0, 0.05) is 18.7 Å². The lowest BCUT2D eigenvalue weighted by Gasteiger charge is -2.27. The quantitative estimate of drug-likeness (QED) is 0.455. The Morgan fingerprint density at radius 3 is 2.40 bits per heavy atom. The van der Waals surface area contributed by atoms with Crippen molar-refractivity contribution in [1.82, 2.24) is 4.90 Å². The second kappa shape index (κ2) is 8.44. The summed E-state index contributed by atoms with van der Waals surface area (Å²) >= 11 is 0. The minimum absolute atomic E-state index is 0.0857. The van der Waals surface area contributed by atoms with Gasteiger partial charge in [-0.2, -0.15) is 0 Å². The summed E-state index contributed by atoms with van der Waals surface area (Å²) in [5.41, 5.74) is 2.66. The number of Topliss-reactive ketones (excluding diaryl/α,β-unsaturated/α-hetero) is 1. The maximum Gasteiger partial charge on any atom is 0.295 e. The Morgan fingerprint density at radius 2 is 1.80 bits per heavy atom. The van der Waals surface area contributed by atoms with Crippen LogP contribution < -0.4 is 0 Å². The summed E-state index contributed by atoms with van der Waals surface area (Å²) in [7, 11) is 0. The fraction of sp³-hybridized carbons (Fsp3) is 0.360. The molecule has 2 aliphatic heterocycles. The lowest BCUT2D eigenvalue weighted by molar-refractivity contribution is -0.140. The van der Waals surface area contributed by atoms with Crippen LogP contribution >= 0.6 is 0 Å². The third kappa shape index (κ3) is 3.77. The van der Waals surface area contributed by atoms with Crippen molar-refractivity contribution in [2.45, 2.75) is 44.8 Å². The summed E-state index contributed by atoms with van der Waals surface area (Å²) in [5.74, 6) is -0.989. The first kappa shape index (κ1) is 20.4. The smallest absolute Gasteiger partial charge is 0.295 e. The number of hydrogen-bond acceptors (Lipinski definition) is 4. The minimum Gasteiger partial charge on any atom is -0.507 e. The molecule has 156 valence electrons. The van der Waals surface area contributed by atoms with Crippen LogP contribution in [-0.2, 0) is 14.3 Å². The van der Waals surface area contributed by atoms with E-state index in [-0.39, 0.29) is 17.4 Å². The highest BCUT2D eigenvalue weighted by Crippen LogP contribution is 2.40. The van der Waals surface area contributed by atoms with Gasteiger partial charge in [0.2, 0.25) is 0 Å². The number of benzene rings is 2. The highest BCUT2D eigenvalue weighted by Gasteiger charge is 2.47. The lowest BCUT2D eigenvalue weighted by Crippen LogP contribution is -2.36. The van der Waals surface area contributed by atoms with E-state index in [0.717, 1.165) is 18.4 Å². The van der Waals surface area contributed by atoms with Gasteiger partial charge in [-0.05, 0) is 29.9 Å². The molecule has 2 atom stereocenters. The number of aliphatic hydroxyl groups excluding tert-OH is 1. The predicted molar refractivity (Wildman–Crippen MR) is 115 cm³/mol. The molecule has 1 amide bonds. The molecular weight excluding hydrogens is 378 g/mol. The van der Waals surface area contributed by atoms with Gasteiger partial charge in [-0.15, -0.1) is 0 Å². The largest absolute Gasteiger partial charge is 0.507 e. The molecule has 2 aromatic rings. The zero-order valence-electron chi connectivity index (χ0n) is 17.4. The lowest BCUT2D eigenvalue weighted by atomic mass is 9.93. The van der Waals surface area contributed by atoms with E-state index in [4.69, 9.17) is 4.74 Å². The number of ketones is 1. The van der Waals surface area contributed by atoms with Crippen LogP contribution in [0, 0.1) is 0 Å². The number of ether oxygens (including phenoxy) is 1. The third-order valence-corrected chi connectivity index (χ3v) is 5.93. The number of aliphatic hydroxyl groups is 1. The number of nitrogens with zero attached hydrogens (tertiary/aromatic N) is 1. The third-order valence-electron chi connectivity index (χ3n) is 5.93. The van der Waals surface area contributed by atoms with E-state index in [2.05, 4.69) is 13.8 Å². The Labute approximate surface area is 177 Å². The van der Waals surface area contributed by atoms with Crippen molar-refractivity contribution in [2.75, 3.05) is 13.2 Å². The SMILES string of the molecule is CC(C)c1ccc([C@H]2/C(=C(\O)c3ccccc3)C(=O)C(=O)N2C[C@@H]2CCCO2)cc1. The van der Waals surface area contributed by atoms with Gasteiger partial charge in [-0.25, -0.2) is 0 Å². The molecule has 2 heterocycles. The topological polar surface area (TPSA) is 66.8 Å². The first-order valence-electron chi connectivity index (χ1n) is 10.5. The van der Waals surface area contributed by atoms with Gasteiger partial charge >= 0.3 is 0 Å². The van der Waals surface area contributed by atoms with E-state index in [1.807, 2.05) is 30.3 Å². The molecule has 0 unspecified atom stereocenters. The molecule has 5 heteroatoms. The molecule has 5 nitrogen and oxygen atoms in total. The van der Waals surface area contributed by atoms with E-state index in [9.17, 15) is 14.7 Å². The summed E-state index contributed by atoms with van der Waals surface area (Å²) in [6.45, 7) is 5.25. The molecule has 2 fully saturated rings. The normalized spacial score (nSPS) is 23.5. The van der Waals surface area contributed by atoms with Gasteiger partial charge in [0.15, 0.2) is 0 Å². The zero-order chi connectivity index (χ0) is 21.3. The van der Waals surface area contributed by atoms with Crippen LogP contribution in [0.1, 0.15) is 55.3 Å². The summed E-state index contributed by atoms with van der Waals surface area (Å²) in [6, 6.07) is 16.2. The summed E-state index contributed by atoms with van der Waals surface area (Å²) in [4.78, 5) is 27.6. The van der Waals surface area contributed by atoms with Gasteiger partial charge in [0.1, 0.15) is 5.76 Å². The summed E-state index contributed by atoms with van der Waals surface area (Å²) in [6.07, 6.45) is 1.73. The van der Waals surface area contributed by atoms with Crippen molar-refractivity contribution in [3.63, 3.8) is 0 Å². The number of carbonyl (C=O) groups is 2. The highest BCUT2D eigenvalue weighted by molar-refractivity contribution is 6.46. The van der Waals surface area contributed by atoms with Gasteiger partial charge in [-0.3, -0.25) is 9.59 Å². The van der Waals surface area contributed by atoms with Crippen molar-refractivity contribution >= 4 is 17.4 Å². The second-order valence-electron chi connectivity index (χ2n) is 8.27. The Morgan fingerprint density at radius 1 is 1.10 bits per heavy atom. The molecule has 0 radical (unpaired) electrons.